The maximum Gasteiger partial charge on any atom is 0.365 e. The number of rotatable bonds is 6. The number of carbonyl (C=O) groups excluding carboxylic acids is 1. The van der Waals surface area contributed by atoms with Crippen molar-refractivity contribution in [3.8, 4) is 0 Å². The molecule has 0 unspecified atom stereocenters. The summed E-state index contributed by atoms with van der Waals surface area (Å²) in [6.07, 6.45) is 0.174. The Morgan fingerprint density at radius 3 is 2.41 bits per heavy atom. The van der Waals surface area contributed by atoms with Crippen molar-refractivity contribution in [3.05, 3.63) is 17.0 Å². The molecule has 0 saturated carbocycles. The molecule has 1 heterocycles. The SMILES string of the molecule is Cc1nn(C)c(C(F)(F)Cl)c1C(=O)N[C@H](CC(C)C)C(=O)O. The standard InChI is InChI=1S/C13H18ClF2N3O3/c1-6(2)5-8(12(21)22)17-11(20)9-7(3)18-19(4)10(9)13(14,15)16/h6,8H,5H2,1-4H3,(H,17,20)(H,21,22)/t8-/m1/s1. The number of nitrogens with one attached hydrogen (secondary N) is 1. The number of carbonyl (C=O) groups is 2. The van der Waals surface area contributed by atoms with Crippen LogP contribution in [0.2, 0.25) is 0 Å². The molecule has 9 heteroatoms. The molecule has 0 aliphatic carbocycles. The molecule has 0 bridgehead atoms. The van der Waals surface area contributed by atoms with Crippen LogP contribution < -0.4 is 5.32 Å². The van der Waals surface area contributed by atoms with Crippen LogP contribution in [-0.4, -0.2) is 32.8 Å². The number of amides is 1. The summed E-state index contributed by atoms with van der Waals surface area (Å²) in [5, 5.41) is 11.3. The predicted octanol–water partition coefficient (Wildman–Crippen LogP) is 2.25. The van der Waals surface area contributed by atoms with Crippen LogP contribution in [-0.2, 0) is 17.2 Å². The van der Waals surface area contributed by atoms with Gasteiger partial charge in [0, 0.05) is 7.05 Å². The minimum Gasteiger partial charge on any atom is -0.480 e. The third-order valence-electron chi connectivity index (χ3n) is 3.03. The van der Waals surface area contributed by atoms with E-state index in [1.807, 2.05) is 0 Å². The molecule has 1 amide bonds. The number of aromatic nitrogens is 2. The number of hydrogen-bond donors (Lipinski definition) is 2. The van der Waals surface area contributed by atoms with E-state index in [0.717, 1.165) is 4.68 Å². The van der Waals surface area contributed by atoms with Crippen molar-refractivity contribution < 1.29 is 23.5 Å². The van der Waals surface area contributed by atoms with Gasteiger partial charge in [-0.15, -0.1) is 0 Å². The lowest BCUT2D eigenvalue weighted by Gasteiger charge is -2.17. The highest BCUT2D eigenvalue weighted by Crippen LogP contribution is 2.35. The average molecular weight is 338 g/mol. The van der Waals surface area contributed by atoms with E-state index >= 15 is 0 Å². The van der Waals surface area contributed by atoms with Gasteiger partial charge in [0.2, 0.25) is 0 Å². The zero-order valence-corrected chi connectivity index (χ0v) is 13.4. The van der Waals surface area contributed by atoms with E-state index in [0.29, 0.717) is 0 Å². The Labute approximate surface area is 131 Å². The fourth-order valence-electron chi connectivity index (χ4n) is 2.18. The molecular weight excluding hydrogens is 320 g/mol. The molecule has 2 N–H and O–H groups in total. The van der Waals surface area contributed by atoms with E-state index in [1.165, 1.54) is 14.0 Å². The van der Waals surface area contributed by atoms with Gasteiger partial charge >= 0.3 is 11.4 Å². The van der Waals surface area contributed by atoms with E-state index < -0.39 is 34.6 Å². The minimum absolute atomic E-state index is 0.00494. The van der Waals surface area contributed by atoms with Gasteiger partial charge in [-0.2, -0.15) is 13.9 Å². The van der Waals surface area contributed by atoms with Crippen molar-refractivity contribution in [2.24, 2.45) is 13.0 Å². The molecule has 124 valence electrons. The average Bonchev–Trinajstić information content (AvgIpc) is 2.62. The Bertz CT molecular complexity index is 582. The Morgan fingerprint density at radius 2 is 2.00 bits per heavy atom. The maximum atomic E-state index is 13.5. The minimum atomic E-state index is -3.79. The van der Waals surface area contributed by atoms with Crippen LogP contribution in [0.4, 0.5) is 8.78 Å². The van der Waals surface area contributed by atoms with Gasteiger partial charge in [0.05, 0.1) is 11.3 Å². The number of alkyl halides is 3. The number of halogens is 3. The molecule has 0 radical (unpaired) electrons. The first-order chi connectivity index (χ1) is 9.95. The van der Waals surface area contributed by atoms with Gasteiger partial charge in [0.25, 0.3) is 5.91 Å². The Balaban J connectivity index is 3.15. The summed E-state index contributed by atoms with van der Waals surface area (Å²) in [5.41, 5.74) is -1.13. The second-order valence-corrected chi connectivity index (χ2v) is 5.90. The number of hydrogen-bond acceptors (Lipinski definition) is 3. The number of carboxylic acid groups (broad SMARTS) is 1. The summed E-state index contributed by atoms with van der Waals surface area (Å²) < 4.78 is 27.7. The van der Waals surface area contributed by atoms with Crippen LogP contribution in [0.5, 0.6) is 0 Å². The molecule has 0 spiro atoms. The molecule has 1 aromatic rings. The number of aryl methyl sites for hydroxylation is 2. The Hall–Kier alpha value is -1.70. The van der Waals surface area contributed by atoms with E-state index in [1.54, 1.807) is 13.8 Å². The van der Waals surface area contributed by atoms with Crippen LogP contribution in [0.25, 0.3) is 0 Å². The van der Waals surface area contributed by atoms with Gasteiger partial charge in [-0.3, -0.25) is 9.48 Å². The van der Waals surface area contributed by atoms with Gasteiger partial charge in [-0.05, 0) is 30.9 Å². The van der Waals surface area contributed by atoms with Crippen molar-refractivity contribution in [2.75, 3.05) is 0 Å². The molecule has 0 aliphatic rings. The largest absolute Gasteiger partial charge is 0.480 e. The lowest BCUT2D eigenvalue weighted by molar-refractivity contribution is -0.139. The van der Waals surface area contributed by atoms with E-state index in [4.69, 9.17) is 16.7 Å². The van der Waals surface area contributed by atoms with Gasteiger partial charge in [-0.25, -0.2) is 4.79 Å². The molecule has 0 aliphatic heterocycles. The summed E-state index contributed by atoms with van der Waals surface area (Å²) in [5.74, 6) is -2.16. The number of aliphatic carboxylic acids is 1. The summed E-state index contributed by atoms with van der Waals surface area (Å²) in [4.78, 5) is 23.4. The molecule has 1 atom stereocenters. The third kappa shape index (κ3) is 4.16. The van der Waals surface area contributed by atoms with Crippen molar-refractivity contribution in [1.29, 1.82) is 0 Å². The molecule has 6 nitrogen and oxygen atoms in total. The second-order valence-electron chi connectivity index (χ2n) is 5.42. The monoisotopic (exact) mass is 337 g/mol. The van der Waals surface area contributed by atoms with Gasteiger partial charge in [-0.1, -0.05) is 13.8 Å². The zero-order valence-electron chi connectivity index (χ0n) is 12.7. The Kier molecular flexibility index (Phi) is 5.50. The van der Waals surface area contributed by atoms with E-state index in [2.05, 4.69) is 10.4 Å². The topological polar surface area (TPSA) is 84.2 Å². The van der Waals surface area contributed by atoms with E-state index in [-0.39, 0.29) is 18.0 Å². The fourth-order valence-corrected chi connectivity index (χ4v) is 2.40. The lowest BCUT2D eigenvalue weighted by atomic mass is 10.0. The van der Waals surface area contributed by atoms with Crippen molar-refractivity contribution in [2.45, 2.75) is 38.6 Å². The highest BCUT2D eigenvalue weighted by atomic mass is 35.5. The first-order valence-electron chi connectivity index (χ1n) is 6.59. The molecule has 0 aromatic carbocycles. The molecular formula is C13H18ClF2N3O3. The highest BCUT2D eigenvalue weighted by Gasteiger charge is 2.39. The Morgan fingerprint density at radius 1 is 1.45 bits per heavy atom. The van der Waals surface area contributed by atoms with Crippen LogP contribution in [0.1, 0.15) is 42.0 Å². The van der Waals surface area contributed by atoms with Crippen LogP contribution in [0.15, 0.2) is 0 Å². The quantitative estimate of drug-likeness (QED) is 0.780. The summed E-state index contributed by atoms with van der Waals surface area (Å²) in [6.45, 7) is 4.95. The van der Waals surface area contributed by atoms with Crippen molar-refractivity contribution >= 4 is 23.5 Å². The van der Waals surface area contributed by atoms with Gasteiger partial charge < -0.3 is 10.4 Å². The fraction of sp³-hybridized carbons (Fsp3) is 0.615. The number of nitrogens with zero attached hydrogens (tertiary/aromatic N) is 2. The van der Waals surface area contributed by atoms with Crippen LogP contribution >= 0.6 is 11.6 Å². The highest BCUT2D eigenvalue weighted by molar-refractivity contribution is 6.22. The molecule has 0 saturated heterocycles. The third-order valence-corrected chi connectivity index (χ3v) is 3.21. The lowest BCUT2D eigenvalue weighted by Crippen LogP contribution is -2.42. The molecule has 22 heavy (non-hydrogen) atoms. The second kappa shape index (κ2) is 6.60. The summed E-state index contributed by atoms with van der Waals surface area (Å²) in [6, 6.07) is -1.18. The van der Waals surface area contributed by atoms with Crippen molar-refractivity contribution in [1.82, 2.24) is 15.1 Å². The summed E-state index contributed by atoms with van der Waals surface area (Å²) >= 11 is 5.02. The smallest absolute Gasteiger partial charge is 0.365 e. The first-order valence-corrected chi connectivity index (χ1v) is 6.97. The van der Waals surface area contributed by atoms with E-state index in [9.17, 15) is 18.4 Å². The number of carboxylic acids is 1. The summed E-state index contributed by atoms with van der Waals surface area (Å²) in [7, 11) is 1.23. The van der Waals surface area contributed by atoms with Crippen LogP contribution in [0, 0.1) is 12.8 Å². The normalized spacial score (nSPS) is 13.3. The predicted molar refractivity (Wildman–Crippen MR) is 76.0 cm³/mol. The zero-order chi connectivity index (χ0) is 17.2. The van der Waals surface area contributed by atoms with Crippen LogP contribution in [0.3, 0.4) is 0 Å². The molecule has 1 rings (SSSR count). The maximum absolute atomic E-state index is 13.5. The van der Waals surface area contributed by atoms with Crippen molar-refractivity contribution in [3.63, 3.8) is 0 Å². The molecule has 1 aromatic heterocycles. The van der Waals surface area contributed by atoms with Gasteiger partial charge in [0.1, 0.15) is 11.7 Å². The molecule has 0 fully saturated rings. The first kappa shape index (κ1) is 18.3. The van der Waals surface area contributed by atoms with Gasteiger partial charge in [0.15, 0.2) is 0 Å².